The van der Waals surface area contributed by atoms with Crippen molar-refractivity contribution in [2.75, 3.05) is 13.7 Å². The molecular formula is C16H15FN2O3. The van der Waals surface area contributed by atoms with E-state index in [0.717, 1.165) is 11.8 Å². The summed E-state index contributed by atoms with van der Waals surface area (Å²) in [5.41, 5.74) is 1.62. The van der Waals surface area contributed by atoms with Crippen molar-refractivity contribution in [3.05, 3.63) is 65.2 Å². The highest BCUT2D eigenvalue weighted by molar-refractivity contribution is 5.92. The summed E-state index contributed by atoms with van der Waals surface area (Å²) >= 11 is 0. The summed E-state index contributed by atoms with van der Waals surface area (Å²) in [7, 11) is 1.33. The molecule has 0 aliphatic heterocycles. The topological polar surface area (TPSA) is 68.3 Å². The van der Waals surface area contributed by atoms with Gasteiger partial charge in [0.2, 0.25) is 0 Å². The lowest BCUT2D eigenvalue weighted by Gasteiger charge is -2.05. The molecule has 0 bridgehead atoms. The van der Waals surface area contributed by atoms with Crippen molar-refractivity contribution in [2.45, 2.75) is 6.42 Å². The molecule has 1 N–H and O–H groups in total. The summed E-state index contributed by atoms with van der Waals surface area (Å²) in [4.78, 5) is 26.8. The number of carbonyl (C=O) groups excluding carboxylic acids is 2. The lowest BCUT2D eigenvalue weighted by Crippen LogP contribution is -2.26. The molecule has 0 radical (unpaired) electrons. The lowest BCUT2D eigenvalue weighted by atomic mass is 10.1. The molecule has 5 nitrogen and oxygen atoms in total. The van der Waals surface area contributed by atoms with Crippen LogP contribution < -0.4 is 5.32 Å². The Bertz CT molecular complexity index is 654. The van der Waals surface area contributed by atoms with Crippen LogP contribution in [-0.2, 0) is 11.2 Å². The van der Waals surface area contributed by atoms with Crippen molar-refractivity contribution in [1.82, 2.24) is 10.3 Å². The minimum Gasteiger partial charge on any atom is -0.465 e. The van der Waals surface area contributed by atoms with Gasteiger partial charge in [0.25, 0.3) is 5.91 Å². The van der Waals surface area contributed by atoms with Gasteiger partial charge < -0.3 is 10.1 Å². The van der Waals surface area contributed by atoms with E-state index in [1.807, 2.05) is 0 Å². The molecule has 0 spiro atoms. The Morgan fingerprint density at radius 3 is 2.50 bits per heavy atom. The predicted molar refractivity (Wildman–Crippen MR) is 78.0 cm³/mol. The van der Waals surface area contributed by atoms with Crippen molar-refractivity contribution in [2.24, 2.45) is 0 Å². The van der Waals surface area contributed by atoms with Crippen molar-refractivity contribution in [1.29, 1.82) is 0 Å². The van der Waals surface area contributed by atoms with Crippen molar-refractivity contribution >= 4 is 11.9 Å². The number of benzene rings is 1. The summed E-state index contributed by atoms with van der Waals surface area (Å²) in [6, 6.07) is 9.46. The van der Waals surface area contributed by atoms with Crippen LogP contribution in [0, 0.1) is 5.82 Å². The highest BCUT2D eigenvalue weighted by Crippen LogP contribution is 2.06. The van der Waals surface area contributed by atoms with E-state index in [0.29, 0.717) is 18.5 Å². The van der Waals surface area contributed by atoms with Crippen LogP contribution in [-0.4, -0.2) is 30.5 Å². The van der Waals surface area contributed by atoms with Gasteiger partial charge in [0, 0.05) is 6.54 Å². The number of carbonyl (C=O) groups is 2. The first-order valence-corrected chi connectivity index (χ1v) is 6.67. The fourth-order valence-electron chi connectivity index (χ4n) is 1.85. The third-order valence-electron chi connectivity index (χ3n) is 3.03. The molecule has 0 saturated heterocycles. The maximum absolute atomic E-state index is 12.7. The van der Waals surface area contributed by atoms with Gasteiger partial charge in [-0.2, -0.15) is 0 Å². The van der Waals surface area contributed by atoms with Crippen LogP contribution >= 0.6 is 0 Å². The summed E-state index contributed by atoms with van der Waals surface area (Å²) in [6.07, 6.45) is 1.61. The van der Waals surface area contributed by atoms with Gasteiger partial charge in [-0.3, -0.25) is 4.79 Å². The molecule has 1 amide bonds. The highest BCUT2D eigenvalue weighted by atomic mass is 19.1. The summed E-state index contributed by atoms with van der Waals surface area (Å²) in [5, 5.41) is 2.70. The number of hydrogen-bond donors (Lipinski definition) is 1. The monoisotopic (exact) mass is 302 g/mol. The second-order valence-corrected chi connectivity index (χ2v) is 4.56. The van der Waals surface area contributed by atoms with Gasteiger partial charge in [0.15, 0.2) is 0 Å². The van der Waals surface area contributed by atoms with Crippen LogP contribution in [0.25, 0.3) is 0 Å². The largest absolute Gasteiger partial charge is 0.465 e. The zero-order valence-corrected chi connectivity index (χ0v) is 12.0. The Morgan fingerprint density at radius 1 is 1.18 bits per heavy atom. The summed E-state index contributed by atoms with van der Waals surface area (Å²) < 4.78 is 17.3. The van der Waals surface area contributed by atoms with Crippen LogP contribution in [0.3, 0.4) is 0 Å². The molecule has 0 saturated carbocycles. The van der Waals surface area contributed by atoms with Gasteiger partial charge in [-0.1, -0.05) is 12.1 Å². The van der Waals surface area contributed by atoms with Crippen LogP contribution in [0.1, 0.15) is 26.4 Å². The van der Waals surface area contributed by atoms with Gasteiger partial charge in [0.1, 0.15) is 11.5 Å². The predicted octanol–water partition coefficient (Wildman–Crippen LogP) is 1.98. The lowest BCUT2D eigenvalue weighted by molar-refractivity contribution is 0.0600. The number of amides is 1. The number of nitrogens with one attached hydrogen (secondary N) is 1. The fraction of sp³-hybridized carbons (Fsp3) is 0.188. The molecule has 0 fully saturated rings. The molecular weight excluding hydrogens is 287 g/mol. The smallest absolute Gasteiger partial charge is 0.337 e. The van der Waals surface area contributed by atoms with Gasteiger partial charge >= 0.3 is 5.97 Å². The van der Waals surface area contributed by atoms with E-state index in [1.54, 1.807) is 24.3 Å². The number of pyridine rings is 1. The van der Waals surface area contributed by atoms with Crippen molar-refractivity contribution < 1.29 is 18.7 Å². The Kier molecular flexibility index (Phi) is 5.19. The molecule has 0 unspecified atom stereocenters. The quantitative estimate of drug-likeness (QED) is 0.858. The molecule has 1 aromatic carbocycles. The SMILES string of the molecule is COC(=O)c1ccc(CCNC(=O)c2ccc(F)cn2)cc1. The molecule has 6 heteroatoms. The first-order valence-electron chi connectivity index (χ1n) is 6.67. The number of methoxy groups -OCH3 is 1. The van der Waals surface area contributed by atoms with Gasteiger partial charge in [0.05, 0.1) is 18.9 Å². The first kappa shape index (κ1) is 15.6. The molecule has 1 heterocycles. The molecule has 0 aliphatic carbocycles. The van der Waals surface area contributed by atoms with Crippen molar-refractivity contribution in [3.63, 3.8) is 0 Å². The van der Waals surface area contributed by atoms with Gasteiger partial charge in [-0.15, -0.1) is 0 Å². The van der Waals surface area contributed by atoms with Crippen LogP contribution in [0.5, 0.6) is 0 Å². The van der Waals surface area contributed by atoms with Crippen LogP contribution in [0.2, 0.25) is 0 Å². The molecule has 1 aromatic heterocycles. The first-order chi connectivity index (χ1) is 10.6. The molecule has 0 aliphatic rings. The molecule has 114 valence electrons. The third-order valence-corrected chi connectivity index (χ3v) is 3.03. The Morgan fingerprint density at radius 2 is 1.91 bits per heavy atom. The Balaban J connectivity index is 1.84. The van der Waals surface area contributed by atoms with E-state index in [1.165, 1.54) is 19.2 Å². The number of aromatic nitrogens is 1. The van der Waals surface area contributed by atoms with E-state index in [9.17, 15) is 14.0 Å². The number of nitrogens with zero attached hydrogens (tertiary/aromatic N) is 1. The Hall–Kier alpha value is -2.76. The number of rotatable bonds is 5. The minimum atomic E-state index is -0.484. The van der Waals surface area contributed by atoms with E-state index in [-0.39, 0.29) is 17.6 Å². The minimum absolute atomic E-state index is 0.169. The second-order valence-electron chi connectivity index (χ2n) is 4.56. The Labute approximate surface area is 127 Å². The average Bonchev–Trinajstić information content (AvgIpc) is 2.55. The fourth-order valence-corrected chi connectivity index (χ4v) is 1.85. The standard InChI is InChI=1S/C16H15FN2O3/c1-22-16(21)12-4-2-11(3-5-12)8-9-18-15(20)14-7-6-13(17)10-19-14/h2-7,10H,8-9H2,1H3,(H,18,20). The zero-order valence-electron chi connectivity index (χ0n) is 12.0. The highest BCUT2D eigenvalue weighted by Gasteiger charge is 2.07. The number of ether oxygens (including phenoxy) is 1. The van der Waals surface area contributed by atoms with E-state index < -0.39 is 5.82 Å². The molecule has 2 aromatic rings. The van der Waals surface area contributed by atoms with Gasteiger partial charge in [-0.05, 0) is 36.2 Å². The van der Waals surface area contributed by atoms with E-state index >= 15 is 0 Å². The average molecular weight is 302 g/mol. The third kappa shape index (κ3) is 4.12. The van der Waals surface area contributed by atoms with Crippen LogP contribution in [0.4, 0.5) is 4.39 Å². The molecule has 2 rings (SSSR count). The van der Waals surface area contributed by atoms with E-state index in [4.69, 9.17) is 0 Å². The summed E-state index contributed by atoms with van der Waals surface area (Å²) in [6.45, 7) is 0.412. The van der Waals surface area contributed by atoms with Gasteiger partial charge in [-0.25, -0.2) is 14.2 Å². The van der Waals surface area contributed by atoms with Crippen LogP contribution in [0.15, 0.2) is 42.6 Å². The normalized spacial score (nSPS) is 10.1. The number of hydrogen-bond acceptors (Lipinski definition) is 4. The molecule has 0 atom stereocenters. The zero-order chi connectivity index (χ0) is 15.9. The molecule has 22 heavy (non-hydrogen) atoms. The number of halogens is 1. The second kappa shape index (κ2) is 7.31. The number of esters is 1. The maximum Gasteiger partial charge on any atom is 0.337 e. The van der Waals surface area contributed by atoms with E-state index in [2.05, 4.69) is 15.0 Å². The maximum atomic E-state index is 12.7. The summed E-state index contributed by atoms with van der Waals surface area (Å²) in [5.74, 6) is -1.23. The van der Waals surface area contributed by atoms with Crippen molar-refractivity contribution in [3.8, 4) is 0 Å².